The van der Waals surface area contributed by atoms with Crippen molar-refractivity contribution in [2.75, 3.05) is 5.32 Å². The highest BCUT2D eigenvalue weighted by Crippen LogP contribution is 2.29. The van der Waals surface area contributed by atoms with Gasteiger partial charge in [0.15, 0.2) is 5.82 Å². The lowest BCUT2D eigenvalue weighted by Crippen LogP contribution is -2.12. The van der Waals surface area contributed by atoms with Crippen LogP contribution in [0.3, 0.4) is 0 Å². The predicted octanol–water partition coefficient (Wildman–Crippen LogP) is 5.34. The molecule has 0 atom stereocenters. The number of aromatic nitrogens is 4. The number of anilines is 2. The van der Waals surface area contributed by atoms with Crippen molar-refractivity contribution in [3.63, 3.8) is 0 Å². The Balaban J connectivity index is 1.60. The second kappa shape index (κ2) is 10.1. The van der Waals surface area contributed by atoms with Crippen LogP contribution in [0.1, 0.15) is 21.6 Å². The van der Waals surface area contributed by atoms with E-state index in [-0.39, 0.29) is 11.4 Å². The molecule has 0 saturated carbocycles. The van der Waals surface area contributed by atoms with Crippen molar-refractivity contribution in [3.05, 3.63) is 81.6 Å². The van der Waals surface area contributed by atoms with Crippen molar-refractivity contribution in [2.45, 2.75) is 10.6 Å². The number of amides is 1. The normalized spacial score (nSPS) is 11.2. The predicted molar refractivity (Wildman–Crippen MR) is 133 cm³/mol. The molecule has 0 unspecified atom stereocenters. The van der Waals surface area contributed by atoms with Gasteiger partial charge in [-0.25, -0.2) is 4.99 Å². The van der Waals surface area contributed by atoms with Crippen LogP contribution in [-0.2, 0) is 12.8 Å². The molecule has 1 amide bonds. The van der Waals surface area contributed by atoms with Crippen LogP contribution in [0.4, 0.5) is 17.3 Å². The Morgan fingerprint density at radius 1 is 1.24 bits per heavy atom. The molecule has 11 heteroatoms. The molecular formula is C22H19Cl2N7OS. The lowest BCUT2D eigenvalue weighted by atomic mass is 10.2. The van der Waals surface area contributed by atoms with E-state index >= 15 is 0 Å². The Morgan fingerprint density at radius 3 is 2.76 bits per heavy atom. The van der Waals surface area contributed by atoms with E-state index < -0.39 is 5.91 Å². The monoisotopic (exact) mass is 499 g/mol. The third-order valence-corrected chi connectivity index (χ3v) is 6.32. The van der Waals surface area contributed by atoms with Crippen molar-refractivity contribution in [1.29, 1.82) is 0 Å². The summed E-state index contributed by atoms with van der Waals surface area (Å²) in [5, 5.41) is 15.4. The van der Waals surface area contributed by atoms with Gasteiger partial charge in [0, 0.05) is 34.6 Å². The van der Waals surface area contributed by atoms with Gasteiger partial charge >= 0.3 is 0 Å². The number of benzene rings is 2. The number of hydrogen-bond donors (Lipinski definition) is 3. The number of hydrogen-bond acceptors (Lipinski definition) is 6. The molecule has 0 bridgehead atoms. The van der Waals surface area contributed by atoms with Gasteiger partial charge in [0.1, 0.15) is 16.5 Å². The third-order valence-electron chi connectivity index (χ3n) is 4.61. The maximum atomic E-state index is 12.1. The molecule has 0 saturated heterocycles. The number of aliphatic imine (C=N–C) groups is 1. The molecule has 8 nitrogen and oxygen atoms in total. The van der Waals surface area contributed by atoms with E-state index in [9.17, 15) is 4.79 Å². The van der Waals surface area contributed by atoms with Crippen LogP contribution in [0.25, 0.3) is 0 Å². The quantitative estimate of drug-likeness (QED) is 0.223. The van der Waals surface area contributed by atoms with E-state index in [0.29, 0.717) is 33.0 Å². The molecule has 2 heterocycles. The maximum absolute atomic E-state index is 12.1. The van der Waals surface area contributed by atoms with Crippen LogP contribution in [0, 0.1) is 0 Å². The van der Waals surface area contributed by atoms with E-state index in [4.69, 9.17) is 28.9 Å². The Kier molecular flexibility index (Phi) is 7.02. The van der Waals surface area contributed by atoms with Crippen molar-refractivity contribution in [3.8, 4) is 0 Å². The van der Waals surface area contributed by atoms with E-state index in [1.165, 1.54) is 0 Å². The minimum Gasteiger partial charge on any atom is -0.365 e. The van der Waals surface area contributed by atoms with Gasteiger partial charge in [-0.15, -0.1) is 11.8 Å². The zero-order chi connectivity index (χ0) is 23.4. The molecule has 0 radical (unpaired) electrons. The van der Waals surface area contributed by atoms with Gasteiger partial charge in [0.05, 0.1) is 11.3 Å². The van der Waals surface area contributed by atoms with Gasteiger partial charge in [0.25, 0.3) is 5.91 Å². The van der Waals surface area contributed by atoms with Gasteiger partial charge in [-0.05, 0) is 30.3 Å². The number of H-pyrrole nitrogens is 1. The summed E-state index contributed by atoms with van der Waals surface area (Å²) in [4.78, 5) is 17.6. The van der Waals surface area contributed by atoms with Crippen molar-refractivity contribution in [1.82, 2.24) is 20.0 Å². The number of aromatic amines is 1. The molecule has 0 aliphatic rings. The molecule has 0 spiro atoms. The second-order valence-electron chi connectivity index (χ2n) is 6.93. The Labute approximate surface area is 204 Å². The molecule has 4 rings (SSSR count). The van der Waals surface area contributed by atoms with Gasteiger partial charge in [0.2, 0.25) is 0 Å². The van der Waals surface area contributed by atoms with Gasteiger partial charge < -0.3 is 11.1 Å². The zero-order valence-corrected chi connectivity index (χ0v) is 19.7. The number of primary amides is 1. The fourth-order valence-corrected chi connectivity index (χ4v) is 4.31. The highest BCUT2D eigenvalue weighted by molar-refractivity contribution is 7.98. The maximum Gasteiger partial charge on any atom is 0.256 e. The van der Waals surface area contributed by atoms with Gasteiger partial charge in [-0.1, -0.05) is 47.5 Å². The second-order valence-corrected chi connectivity index (χ2v) is 8.77. The number of thioether (sulfide) groups is 1. The first kappa shape index (κ1) is 22.9. The van der Waals surface area contributed by atoms with E-state index in [2.05, 4.69) is 25.6 Å². The minimum absolute atomic E-state index is 0.117. The molecule has 2 aromatic heterocycles. The fraction of sp³-hybridized carbons (Fsp3) is 0.0909. The molecular weight excluding hydrogens is 481 g/mol. The summed E-state index contributed by atoms with van der Waals surface area (Å²) in [6.45, 7) is 0. The molecule has 168 valence electrons. The number of nitrogens with two attached hydrogens (primary N) is 1. The topological polar surface area (TPSA) is 114 Å². The standard InChI is InChI=1S/C22H19Cl2N7OS/c1-31-19(24)16(17(30-31)12-33-15-8-3-2-4-9-15)11-26-21-18(20(25)32)22(29-28-21)27-14-7-5-6-13(23)10-14/h2-11H,12H2,1H3,(H2,25,32)(H2,27,28,29). The average Bonchev–Trinajstić information content (AvgIpc) is 3.31. The molecule has 0 fully saturated rings. The Morgan fingerprint density at radius 2 is 2.03 bits per heavy atom. The molecule has 4 N–H and O–H groups in total. The van der Waals surface area contributed by atoms with E-state index in [0.717, 1.165) is 10.6 Å². The lowest BCUT2D eigenvalue weighted by molar-refractivity contribution is 0.100. The highest BCUT2D eigenvalue weighted by Gasteiger charge is 2.19. The molecule has 33 heavy (non-hydrogen) atoms. The number of aryl methyl sites for hydroxylation is 1. The first-order valence-corrected chi connectivity index (χ1v) is 11.5. The number of halogens is 2. The molecule has 4 aromatic rings. The van der Waals surface area contributed by atoms with Crippen molar-refractivity contribution in [2.24, 2.45) is 17.8 Å². The van der Waals surface area contributed by atoms with Crippen LogP contribution < -0.4 is 11.1 Å². The Bertz CT molecular complexity index is 1320. The first-order chi connectivity index (χ1) is 15.9. The summed E-state index contributed by atoms with van der Waals surface area (Å²) < 4.78 is 1.58. The average molecular weight is 500 g/mol. The fourth-order valence-electron chi connectivity index (χ4n) is 3.06. The molecule has 2 aromatic carbocycles. The number of carbonyl (C=O) groups is 1. The van der Waals surface area contributed by atoms with Crippen molar-refractivity contribution >= 4 is 64.4 Å². The lowest BCUT2D eigenvalue weighted by Gasteiger charge is -2.05. The SMILES string of the molecule is Cn1nc(CSc2ccccc2)c(C=Nc2n[nH]c(Nc3cccc(Cl)c3)c2C(N)=O)c1Cl. The first-order valence-electron chi connectivity index (χ1n) is 9.76. The number of nitrogens with zero attached hydrogens (tertiary/aromatic N) is 4. The minimum atomic E-state index is -0.683. The number of nitrogens with one attached hydrogen (secondary N) is 2. The summed E-state index contributed by atoms with van der Waals surface area (Å²) in [6.07, 6.45) is 1.54. The van der Waals surface area contributed by atoms with Crippen molar-refractivity contribution < 1.29 is 4.79 Å². The van der Waals surface area contributed by atoms with Crippen LogP contribution in [0.15, 0.2) is 64.5 Å². The zero-order valence-electron chi connectivity index (χ0n) is 17.4. The third kappa shape index (κ3) is 5.39. The van der Waals surface area contributed by atoms with Crippen LogP contribution in [-0.4, -0.2) is 32.1 Å². The highest BCUT2D eigenvalue weighted by atomic mass is 35.5. The summed E-state index contributed by atoms with van der Waals surface area (Å²) in [7, 11) is 1.76. The van der Waals surface area contributed by atoms with E-state index in [1.54, 1.807) is 54.0 Å². The van der Waals surface area contributed by atoms with Crippen LogP contribution >= 0.6 is 35.0 Å². The largest absolute Gasteiger partial charge is 0.365 e. The van der Waals surface area contributed by atoms with Gasteiger partial charge in [-0.2, -0.15) is 10.2 Å². The van der Waals surface area contributed by atoms with Crippen LogP contribution in [0.2, 0.25) is 10.2 Å². The van der Waals surface area contributed by atoms with Gasteiger partial charge in [-0.3, -0.25) is 14.6 Å². The number of carbonyl (C=O) groups excluding carboxylic acids is 1. The smallest absolute Gasteiger partial charge is 0.256 e. The summed E-state index contributed by atoms with van der Waals surface area (Å²) in [5.41, 5.74) is 7.79. The summed E-state index contributed by atoms with van der Waals surface area (Å²) >= 11 is 14.1. The molecule has 0 aliphatic carbocycles. The number of rotatable bonds is 8. The van der Waals surface area contributed by atoms with E-state index in [1.807, 2.05) is 30.3 Å². The summed E-state index contributed by atoms with van der Waals surface area (Å²) in [5.74, 6) is 0.358. The molecule has 0 aliphatic heterocycles. The Hall–Kier alpha value is -3.27. The summed E-state index contributed by atoms with van der Waals surface area (Å²) in [6, 6.07) is 17.0. The van der Waals surface area contributed by atoms with Crippen LogP contribution in [0.5, 0.6) is 0 Å².